The summed E-state index contributed by atoms with van der Waals surface area (Å²) >= 11 is 3.59. The standard InChI is InChI=1S/C21H19BrO3/c1-3-12-24-21-16-10-7-11-18(23-2)20(16)19(13-17(21)22)25-14-15-8-5-4-6-9-15/h3-11,13H,1,12,14H2,2H3. The predicted molar refractivity (Wildman–Crippen MR) is 105 cm³/mol. The van der Waals surface area contributed by atoms with E-state index in [9.17, 15) is 0 Å². The van der Waals surface area contributed by atoms with E-state index in [0.29, 0.717) is 13.2 Å². The summed E-state index contributed by atoms with van der Waals surface area (Å²) in [5.41, 5.74) is 1.11. The number of halogens is 1. The first-order valence-corrected chi connectivity index (χ1v) is 8.73. The zero-order valence-corrected chi connectivity index (χ0v) is 15.6. The highest BCUT2D eigenvalue weighted by molar-refractivity contribution is 9.10. The van der Waals surface area contributed by atoms with Crippen molar-refractivity contribution in [2.24, 2.45) is 0 Å². The summed E-state index contributed by atoms with van der Waals surface area (Å²) in [6.07, 6.45) is 1.72. The Morgan fingerprint density at radius 1 is 1.00 bits per heavy atom. The van der Waals surface area contributed by atoms with Crippen molar-refractivity contribution in [1.82, 2.24) is 0 Å². The predicted octanol–water partition coefficient (Wildman–Crippen LogP) is 5.75. The summed E-state index contributed by atoms with van der Waals surface area (Å²) in [6.45, 7) is 4.62. The molecule has 25 heavy (non-hydrogen) atoms. The van der Waals surface area contributed by atoms with Crippen LogP contribution < -0.4 is 14.2 Å². The Kier molecular flexibility index (Phi) is 5.61. The largest absolute Gasteiger partial charge is 0.496 e. The van der Waals surface area contributed by atoms with Gasteiger partial charge in [-0.25, -0.2) is 0 Å². The number of benzene rings is 3. The van der Waals surface area contributed by atoms with E-state index in [1.807, 2.05) is 54.6 Å². The van der Waals surface area contributed by atoms with Crippen molar-refractivity contribution in [2.75, 3.05) is 13.7 Å². The van der Waals surface area contributed by atoms with Crippen LogP contribution in [0.1, 0.15) is 5.56 Å². The van der Waals surface area contributed by atoms with Gasteiger partial charge >= 0.3 is 0 Å². The van der Waals surface area contributed by atoms with Gasteiger partial charge < -0.3 is 14.2 Å². The van der Waals surface area contributed by atoms with E-state index in [1.54, 1.807) is 13.2 Å². The number of ether oxygens (including phenoxy) is 3. The number of hydrogen-bond donors (Lipinski definition) is 0. The average molecular weight is 399 g/mol. The van der Waals surface area contributed by atoms with Crippen molar-refractivity contribution >= 4 is 26.7 Å². The van der Waals surface area contributed by atoms with Crippen molar-refractivity contribution in [1.29, 1.82) is 0 Å². The van der Waals surface area contributed by atoms with E-state index in [4.69, 9.17) is 14.2 Å². The molecular formula is C21H19BrO3. The molecule has 0 radical (unpaired) electrons. The minimum atomic E-state index is 0.426. The van der Waals surface area contributed by atoms with Crippen LogP contribution in [0.25, 0.3) is 10.8 Å². The summed E-state index contributed by atoms with van der Waals surface area (Å²) in [5, 5.41) is 1.82. The van der Waals surface area contributed by atoms with E-state index in [2.05, 4.69) is 22.5 Å². The maximum absolute atomic E-state index is 6.10. The Morgan fingerprint density at radius 2 is 1.80 bits per heavy atom. The molecule has 0 bridgehead atoms. The van der Waals surface area contributed by atoms with Gasteiger partial charge in [0.15, 0.2) is 0 Å². The summed E-state index contributed by atoms with van der Waals surface area (Å²) < 4.78 is 18.3. The Balaban J connectivity index is 2.06. The fourth-order valence-corrected chi connectivity index (χ4v) is 3.20. The quantitative estimate of drug-likeness (QED) is 0.473. The third-order valence-electron chi connectivity index (χ3n) is 3.79. The molecule has 0 aliphatic rings. The van der Waals surface area contributed by atoms with Gasteiger partial charge in [-0.05, 0) is 33.6 Å². The Labute approximate surface area is 156 Å². The molecule has 0 N–H and O–H groups in total. The maximum atomic E-state index is 6.10. The number of fused-ring (bicyclic) bond motifs is 1. The van der Waals surface area contributed by atoms with Gasteiger partial charge in [0, 0.05) is 5.39 Å². The molecule has 0 aromatic heterocycles. The number of methoxy groups -OCH3 is 1. The Morgan fingerprint density at radius 3 is 2.52 bits per heavy atom. The molecule has 0 atom stereocenters. The molecule has 3 aromatic carbocycles. The first-order valence-electron chi connectivity index (χ1n) is 7.94. The van der Waals surface area contributed by atoms with Crippen molar-refractivity contribution < 1.29 is 14.2 Å². The van der Waals surface area contributed by atoms with Gasteiger partial charge in [0.05, 0.1) is 17.0 Å². The number of rotatable bonds is 7. The molecule has 3 nitrogen and oxygen atoms in total. The fourth-order valence-electron chi connectivity index (χ4n) is 2.66. The first-order chi connectivity index (χ1) is 12.2. The molecule has 0 fully saturated rings. The van der Waals surface area contributed by atoms with Crippen LogP contribution in [0.2, 0.25) is 0 Å². The Hall–Kier alpha value is -2.46. The molecule has 3 aromatic rings. The summed E-state index contributed by atoms with van der Waals surface area (Å²) in [6, 6.07) is 17.8. The van der Waals surface area contributed by atoms with Crippen molar-refractivity contribution in [3.63, 3.8) is 0 Å². The van der Waals surface area contributed by atoms with E-state index >= 15 is 0 Å². The highest BCUT2D eigenvalue weighted by Gasteiger charge is 2.16. The van der Waals surface area contributed by atoms with Crippen molar-refractivity contribution in [2.45, 2.75) is 6.61 Å². The smallest absolute Gasteiger partial charge is 0.142 e. The van der Waals surface area contributed by atoms with Crippen LogP contribution in [-0.2, 0) is 6.61 Å². The molecule has 0 spiro atoms. The van der Waals surface area contributed by atoms with Crippen LogP contribution >= 0.6 is 15.9 Å². The van der Waals surface area contributed by atoms with Gasteiger partial charge in [-0.1, -0.05) is 55.1 Å². The van der Waals surface area contributed by atoms with Crippen LogP contribution in [0, 0.1) is 0 Å². The summed E-state index contributed by atoms with van der Waals surface area (Å²) in [7, 11) is 1.65. The van der Waals surface area contributed by atoms with Crippen LogP contribution in [0.3, 0.4) is 0 Å². The molecule has 128 valence electrons. The summed E-state index contributed by atoms with van der Waals surface area (Å²) in [4.78, 5) is 0. The normalized spacial score (nSPS) is 10.5. The molecule has 0 saturated carbocycles. The monoisotopic (exact) mass is 398 g/mol. The molecule has 0 amide bonds. The molecular weight excluding hydrogens is 380 g/mol. The number of hydrogen-bond acceptors (Lipinski definition) is 3. The molecule has 0 unspecified atom stereocenters. The second-order valence-corrected chi connectivity index (χ2v) is 6.30. The first kappa shape index (κ1) is 17.4. The minimum absolute atomic E-state index is 0.426. The maximum Gasteiger partial charge on any atom is 0.142 e. The van der Waals surface area contributed by atoms with Gasteiger partial charge in [-0.3, -0.25) is 0 Å². The van der Waals surface area contributed by atoms with Gasteiger partial charge in [0.1, 0.15) is 30.5 Å². The summed E-state index contributed by atoms with van der Waals surface area (Å²) in [5.74, 6) is 2.24. The second-order valence-electron chi connectivity index (χ2n) is 5.44. The average Bonchev–Trinajstić information content (AvgIpc) is 2.65. The zero-order valence-electron chi connectivity index (χ0n) is 14.0. The van der Waals surface area contributed by atoms with E-state index in [1.165, 1.54) is 0 Å². The van der Waals surface area contributed by atoms with E-state index in [-0.39, 0.29) is 0 Å². The van der Waals surface area contributed by atoms with Crippen LogP contribution in [0.5, 0.6) is 17.2 Å². The minimum Gasteiger partial charge on any atom is -0.496 e. The molecule has 3 rings (SSSR count). The van der Waals surface area contributed by atoms with E-state index < -0.39 is 0 Å². The van der Waals surface area contributed by atoms with Crippen LogP contribution in [-0.4, -0.2) is 13.7 Å². The highest BCUT2D eigenvalue weighted by Crippen LogP contribution is 2.44. The van der Waals surface area contributed by atoms with Gasteiger partial charge in [-0.2, -0.15) is 0 Å². The Bertz CT molecular complexity index is 875. The molecule has 0 aliphatic heterocycles. The van der Waals surface area contributed by atoms with Crippen LogP contribution in [0.4, 0.5) is 0 Å². The third-order valence-corrected chi connectivity index (χ3v) is 4.38. The lowest BCUT2D eigenvalue weighted by atomic mass is 10.1. The van der Waals surface area contributed by atoms with Gasteiger partial charge in [0.25, 0.3) is 0 Å². The fraction of sp³-hybridized carbons (Fsp3) is 0.143. The van der Waals surface area contributed by atoms with Gasteiger partial charge in [0.2, 0.25) is 0 Å². The molecule has 0 aliphatic carbocycles. The lowest BCUT2D eigenvalue weighted by Crippen LogP contribution is -2.00. The SMILES string of the molecule is C=CCOc1c(Br)cc(OCc2ccccc2)c2c(OC)cccc12. The van der Waals surface area contributed by atoms with E-state index in [0.717, 1.165) is 38.1 Å². The second kappa shape index (κ2) is 8.08. The lowest BCUT2D eigenvalue weighted by molar-refractivity contribution is 0.307. The highest BCUT2D eigenvalue weighted by atomic mass is 79.9. The van der Waals surface area contributed by atoms with Crippen LogP contribution in [0.15, 0.2) is 71.7 Å². The van der Waals surface area contributed by atoms with Gasteiger partial charge in [-0.15, -0.1) is 0 Å². The van der Waals surface area contributed by atoms with Crippen molar-refractivity contribution in [3.8, 4) is 17.2 Å². The molecule has 4 heteroatoms. The molecule has 0 heterocycles. The molecule has 0 saturated heterocycles. The topological polar surface area (TPSA) is 27.7 Å². The van der Waals surface area contributed by atoms with Crippen molar-refractivity contribution in [3.05, 3.63) is 77.3 Å². The zero-order chi connectivity index (χ0) is 17.6. The lowest BCUT2D eigenvalue weighted by Gasteiger charge is -2.17. The third kappa shape index (κ3) is 3.80.